The smallest absolute Gasteiger partial charge is 0.138 e. The molecule has 2 aromatic rings. The molecule has 0 radical (unpaired) electrons. The zero-order valence-electron chi connectivity index (χ0n) is 8.03. The van der Waals surface area contributed by atoms with Crippen molar-refractivity contribution in [1.29, 1.82) is 0 Å². The molecule has 0 amide bonds. The van der Waals surface area contributed by atoms with Crippen LogP contribution >= 0.6 is 0 Å². The van der Waals surface area contributed by atoms with Crippen LogP contribution < -0.4 is 5.73 Å². The van der Waals surface area contributed by atoms with Gasteiger partial charge in [0, 0.05) is 17.5 Å². The quantitative estimate of drug-likeness (QED) is 0.760. The Hall–Kier alpha value is -1.32. The van der Waals surface area contributed by atoms with E-state index in [2.05, 4.69) is 0 Å². The molecule has 0 saturated heterocycles. The molecule has 3 N–H and O–H groups in total. The summed E-state index contributed by atoms with van der Waals surface area (Å²) in [6.07, 6.45) is -0.706. The molecule has 1 atom stereocenters. The maximum atomic E-state index is 9.59. The van der Waals surface area contributed by atoms with Crippen LogP contribution in [0, 0.1) is 6.92 Å². The van der Waals surface area contributed by atoms with Crippen LogP contribution in [0.15, 0.2) is 28.7 Å². The van der Waals surface area contributed by atoms with Crippen LogP contribution in [0.2, 0.25) is 0 Å². The molecular formula is C11H13NO2. The van der Waals surface area contributed by atoms with Crippen LogP contribution in [-0.2, 0) is 0 Å². The van der Waals surface area contributed by atoms with Crippen LogP contribution in [0.1, 0.15) is 17.4 Å². The summed E-state index contributed by atoms with van der Waals surface area (Å²) < 4.78 is 5.52. The van der Waals surface area contributed by atoms with E-state index in [-0.39, 0.29) is 6.54 Å². The first-order chi connectivity index (χ1) is 6.74. The Balaban J connectivity index is 2.62. The lowest BCUT2D eigenvalue weighted by atomic mass is 10.1. The number of hydrogen-bond acceptors (Lipinski definition) is 3. The average Bonchev–Trinajstić information content (AvgIpc) is 2.56. The zero-order valence-corrected chi connectivity index (χ0v) is 8.03. The minimum absolute atomic E-state index is 0.181. The van der Waals surface area contributed by atoms with E-state index in [9.17, 15) is 5.11 Å². The van der Waals surface area contributed by atoms with E-state index in [4.69, 9.17) is 10.2 Å². The largest absolute Gasteiger partial charge is 0.458 e. The topological polar surface area (TPSA) is 59.4 Å². The highest BCUT2D eigenvalue weighted by Gasteiger charge is 2.15. The Morgan fingerprint density at radius 3 is 2.79 bits per heavy atom. The van der Waals surface area contributed by atoms with Crippen molar-refractivity contribution in [3.05, 3.63) is 35.6 Å². The van der Waals surface area contributed by atoms with Crippen molar-refractivity contribution in [2.24, 2.45) is 5.73 Å². The summed E-state index contributed by atoms with van der Waals surface area (Å²) in [5, 5.41) is 10.6. The van der Waals surface area contributed by atoms with Gasteiger partial charge in [-0.25, -0.2) is 0 Å². The summed E-state index contributed by atoms with van der Waals surface area (Å²) in [4.78, 5) is 0. The average molecular weight is 191 g/mol. The molecule has 0 saturated carbocycles. The van der Waals surface area contributed by atoms with Crippen LogP contribution in [0.25, 0.3) is 11.0 Å². The Bertz CT molecular complexity index is 447. The minimum Gasteiger partial charge on any atom is -0.458 e. The third-order valence-electron chi connectivity index (χ3n) is 2.41. The third kappa shape index (κ3) is 1.31. The molecule has 0 spiro atoms. The lowest BCUT2D eigenvalue weighted by Gasteiger charge is -2.03. The van der Waals surface area contributed by atoms with E-state index in [0.717, 1.165) is 16.5 Å². The van der Waals surface area contributed by atoms with Gasteiger partial charge in [-0.15, -0.1) is 0 Å². The van der Waals surface area contributed by atoms with Gasteiger partial charge in [0.1, 0.15) is 17.4 Å². The van der Waals surface area contributed by atoms with Crippen molar-refractivity contribution in [3.8, 4) is 0 Å². The van der Waals surface area contributed by atoms with Crippen LogP contribution in [-0.4, -0.2) is 11.7 Å². The molecule has 3 heteroatoms. The highest BCUT2D eigenvalue weighted by Crippen LogP contribution is 2.28. The van der Waals surface area contributed by atoms with Crippen molar-refractivity contribution >= 4 is 11.0 Å². The molecule has 1 heterocycles. The van der Waals surface area contributed by atoms with E-state index in [1.165, 1.54) is 0 Å². The predicted molar refractivity (Wildman–Crippen MR) is 55.0 cm³/mol. The standard InChI is InChI=1S/C11H13NO2/c1-7-8-4-2-3-5-10(8)14-11(7)9(13)6-12/h2-5,9,13H,6,12H2,1H3/t9-/m1/s1. The van der Waals surface area contributed by atoms with Gasteiger partial charge in [0.05, 0.1) is 0 Å². The Morgan fingerprint density at radius 1 is 1.43 bits per heavy atom. The summed E-state index contributed by atoms with van der Waals surface area (Å²) in [5.41, 5.74) is 7.15. The normalized spacial score (nSPS) is 13.4. The van der Waals surface area contributed by atoms with Gasteiger partial charge in [-0.1, -0.05) is 18.2 Å². The second-order valence-electron chi connectivity index (χ2n) is 3.34. The Morgan fingerprint density at radius 2 is 2.14 bits per heavy atom. The first-order valence-electron chi connectivity index (χ1n) is 4.60. The molecule has 1 aromatic carbocycles. The fraction of sp³-hybridized carbons (Fsp3) is 0.273. The number of para-hydroxylation sites is 1. The molecule has 1 aromatic heterocycles. The van der Waals surface area contributed by atoms with E-state index in [0.29, 0.717) is 5.76 Å². The van der Waals surface area contributed by atoms with Gasteiger partial charge in [0.15, 0.2) is 0 Å². The lowest BCUT2D eigenvalue weighted by Crippen LogP contribution is -2.11. The molecule has 0 bridgehead atoms. The molecule has 0 aliphatic carbocycles. The zero-order chi connectivity index (χ0) is 10.1. The van der Waals surface area contributed by atoms with Crippen molar-refractivity contribution in [3.63, 3.8) is 0 Å². The summed E-state index contributed by atoms with van der Waals surface area (Å²) in [6.45, 7) is 2.11. The number of furan rings is 1. The molecule has 0 aliphatic rings. The number of benzene rings is 1. The summed E-state index contributed by atoms with van der Waals surface area (Å²) in [7, 11) is 0. The van der Waals surface area contributed by atoms with Crippen LogP contribution in [0.5, 0.6) is 0 Å². The maximum absolute atomic E-state index is 9.59. The van der Waals surface area contributed by atoms with Gasteiger partial charge in [-0.05, 0) is 13.0 Å². The second kappa shape index (κ2) is 3.44. The Kier molecular flexibility index (Phi) is 2.27. The first-order valence-corrected chi connectivity index (χ1v) is 4.60. The van der Waals surface area contributed by atoms with Gasteiger partial charge in [-0.3, -0.25) is 0 Å². The second-order valence-corrected chi connectivity index (χ2v) is 3.34. The van der Waals surface area contributed by atoms with Crippen molar-refractivity contribution in [2.75, 3.05) is 6.54 Å². The third-order valence-corrected chi connectivity index (χ3v) is 2.41. The number of aryl methyl sites for hydroxylation is 1. The molecule has 74 valence electrons. The summed E-state index contributed by atoms with van der Waals surface area (Å²) in [6, 6.07) is 7.71. The van der Waals surface area contributed by atoms with E-state index in [1.54, 1.807) is 0 Å². The fourth-order valence-electron chi connectivity index (χ4n) is 1.62. The molecule has 3 nitrogen and oxygen atoms in total. The van der Waals surface area contributed by atoms with Crippen LogP contribution in [0.3, 0.4) is 0 Å². The van der Waals surface area contributed by atoms with Crippen molar-refractivity contribution in [2.45, 2.75) is 13.0 Å². The number of hydrogen-bond donors (Lipinski definition) is 2. The first kappa shape index (κ1) is 9.24. The molecule has 0 aliphatic heterocycles. The number of aliphatic hydroxyl groups excluding tert-OH is 1. The van der Waals surface area contributed by atoms with E-state index >= 15 is 0 Å². The molecular weight excluding hydrogens is 178 g/mol. The molecule has 0 unspecified atom stereocenters. The fourth-order valence-corrected chi connectivity index (χ4v) is 1.62. The monoisotopic (exact) mass is 191 g/mol. The van der Waals surface area contributed by atoms with Gasteiger partial charge in [-0.2, -0.15) is 0 Å². The highest BCUT2D eigenvalue weighted by molar-refractivity contribution is 5.81. The molecule has 14 heavy (non-hydrogen) atoms. The molecule has 0 fully saturated rings. The van der Waals surface area contributed by atoms with Gasteiger partial charge < -0.3 is 15.3 Å². The highest BCUT2D eigenvalue weighted by atomic mass is 16.4. The minimum atomic E-state index is -0.706. The van der Waals surface area contributed by atoms with Gasteiger partial charge in [0.2, 0.25) is 0 Å². The number of fused-ring (bicyclic) bond motifs is 1. The summed E-state index contributed by atoms with van der Waals surface area (Å²) >= 11 is 0. The number of nitrogens with two attached hydrogens (primary N) is 1. The molecule has 2 rings (SSSR count). The predicted octanol–water partition coefficient (Wildman–Crippen LogP) is 1.73. The van der Waals surface area contributed by atoms with Crippen molar-refractivity contribution in [1.82, 2.24) is 0 Å². The van der Waals surface area contributed by atoms with E-state index in [1.807, 2.05) is 31.2 Å². The van der Waals surface area contributed by atoms with Crippen molar-refractivity contribution < 1.29 is 9.52 Å². The maximum Gasteiger partial charge on any atom is 0.138 e. The van der Waals surface area contributed by atoms with E-state index < -0.39 is 6.10 Å². The van der Waals surface area contributed by atoms with Gasteiger partial charge in [0.25, 0.3) is 0 Å². The van der Waals surface area contributed by atoms with Gasteiger partial charge >= 0.3 is 0 Å². The van der Waals surface area contributed by atoms with Crippen LogP contribution in [0.4, 0.5) is 0 Å². The SMILES string of the molecule is Cc1c([C@H](O)CN)oc2ccccc12. The number of rotatable bonds is 2. The lowest BCUT2D eigenvalue weighted by molar-refractivity contribution is 0.159. The Labute approximate surface area is 82.1 Å². The number of aliphatic hydroxyl groups is 1. The summed E-state index contributed by atoms with van der Waals surface area (Å²) in [5.74, 6) is 0.578.